The molecular weight excluding hydrogens is 184 g/mol. The van der Waals surface area contributed by atoms with Crippen molar-refractivity contribution in [2.75, 3.05) is 13.2 Å². The molecular formula is C9H14N2OS. The highest BCUT2D eigenvalue weighted by Gasteiger charge is 2.12. The Morgan fingerprint density at radius 3 is 3.38 bits per heavy atom. The molecule has 13 heavy (non-hydrogen) atoms. The lowest BCUT2D eigenvalue weighted by atomic mass is 10.1. The van der Waals surface area contributed by atoms with Crippen LogP contribution in [0.25, 0.3) is 0 Å². The minimum Gasteiger partial charge on any atom is -0.380 e. The van der Waals surface area contributed by atoms with Gasteiger partial charge in [0.2, 0.25) is 0 Å². The molecule has 1 unspecified atom stereocenters. The first-order chi connectivity index (χ1) is 6.45. The summed E-state index contributed by atoms with van der Waals surface area (Å²) in [6, 6.07) is 0.538. The topological polar surface area (TPSA) is 34.2 Å². The molecule has 0 bridgehead atoms. The van der Waals surface area contributed by atoms with Crippen molar-refractivity contribution >= 4 is 11.3 Å². The van der Waals surface area contributed by atoms with Crippen LogP contribution in [0.1, 0.15) is 17.7 Å². The van der Waals surface area contributed by atoms with Gasteiger partial charge in [-0.3, -0.25) is 4.98 Å². The smallest absolute Gasteiger partial charge is 0.0794 e. The van der Waals surface area contributed by atoms with Crippen LogP contribution in [0.2, 0.25) is 0 Å². The first-order valence-corrected chi connectivity index (χ1v) is 5.51. The Hall–Kier alpha value is -0.450. The fourth-order valence-electron chi connectivity index (χ4n) is 1.48. The molecule has 4 heteroatoms. The number of aromatic nitrogens is 1. The molecule has 1 aromatic rings. The van der Waals surface area contributed by atoms with E-state index in [1.165, 1.54) is 17.7 Å². The Bertz CT molecular complexity index is 232. The zero-order valence-corrected chi connectivity index (χ0v) is 8.35. The quantitative estimate of drug-likeness (QED) is 0.797. The highest BCUT2D eigenvalue weighted by molar-refractivity contribution is 7.09. The lowest BCUT2D eigenvalue weighted by Gasteiger charge is -2.22. The van der Waals surface area contributed by atoms with Gasteiger partial charge in [0, 0.05) is 30.3 Å². The molecule has 0 saturated carbocycles. The summed E-state index contributed by atoms with van der Waals surface area (Å²) in [7, 11) is 0. The zero-order chi connectivity index (χ0) is 8.93. The Morgan fingerprint density at radius 2 is 2.69 bits per heavy atom. The third-order valence-corrected chi connectivity index (χ3v) is 2.99. The molecule has 3 nitrogen and oxygen atoms in total. The summed E-state index contributed by atoms with van der Waals surface area (Å²) in [5.74, 6) is 0. The maximum atomic E-state index is 5.38. The van der Waals surface area contributed by atoms with Gasteiger partial charge in [-0.05, 0) is 12.8 Å². The van der Waals surface area contributed by atoms with Gasteiger partial charge < -0.3 is 10.1 Å². The van der Waals surface area contributed by atoms with Gasteiger partial charge in [-0.25, -0.2) is 0 Å². The second-order valence-corrected chi connectivity index (χ2v) is 4.23. The summed E-state index contributed by atoms with van der Waals surface area (Å²) in [5.41, 5.74) is 1.87. The van der Waals surface area contributed by atoms with E-state index < -0.39 is 0 Å². The first-order valence-electron chi connectivity index (χ1n) is 4.63. The third-order valence-electron chi connectivity index (χ3n) is 2.21. The molecule has 2 rings (SSSR count). The van der Waals surface area contributed by atoms with Crippen LogP contribution in [0.4, 0.5) is 0 Å². The Morgan fingerprint density at radius 1 is 1.69 bits per heavy atom. The lowest BCUT2D eigenvalue weighted by Crippen LogP contribution is -2.36. The fraction of sp³-hybridized carbons (Fsp3) is 0.667. The maximum absolute atomic E-state index is 5.38. The van der Waals surface area contributed by atoms with Gasteiger partial charge in [-0.15, -0.1) is 11.3 Å². The molecule has 1 aliphatic heterocycles. The van der Waals surface area contributed by atoms with Crippen molar-refractivity contribution in [2.45, 2.75) is 25.4 Å². The summed E-state index contributed by atoms with van der Waals surface area (Å²) in [4.78, 5) is 5.33. The lowest BCUT2D eigenvalue weighted by molar-refractivity contribution is 0.0700. The number of ether oxygens (including phenoxy) is 1. The van der Waals surface area contributed by atoms with E-state index in [0.717, 1.165) is 19.8 Å². The zero-order valence-electron chi connectivity index (χ0n) is 7.53. The van der Waals surface area contributed by atoms with Gasteiger partial charge in [-0.1, -0.05) is 0 Å². The molecule has 1 aromatic heterocycles. The number of hydrogen-bond donors (Lipinski definition) is 1. The van der Waals surface area contributed by atoms with Gasteiger partial charge in [0.1, 0.15) is 0 Å². The number of rotatable bonds is 3. The summed E-state index contributed by atoms with van der Waals surface area (Å²) < 4.78 is 5.38. The predicted molar refractivity (Wildman–Crippen MR) is 52.8 cm³/mol. The Labute approximate surface area is 82.1 Å². The summed E-state index contributed by atoms with van der Waals surface area (Å²) >= 11 is 1.70. The summed E-state index contributed by atoms with van der Waals surface area (Å²) in [5, 5.41) is 3.47. The number of hydrogen-bond acceptors (Lipinski definition) is 4. The Kier molecular flexibility index (Phi) is 3.29. The van der Waals surface area contributed by atoms with Crippen molar-refractivity contribution < 1.29 is 4.74 Å². The molecule has 1 N–H and O–H groups in total. The summed E-state index contributed by atoms with van der Waals surface area (Å²) in [6.45, 7) is 2.72. The van der Waals surface area contributed by atoms with Gasteiger partial charge in [-0.2, -0.15) is 0 Å². The van der Waals surface area contributed by atoms with Crippen LogP contribution in [0.15, 0.2) is 11.7 Å². The summed E-state index contributed by atoms with van der Waals surface area (Å²) in [6.07, 6.45) is 4.33. The van der Waals surface area contributed by atoms with E-state index in [0.29, 0.717) is 6.04 Å². The van der Waals surface area contributed by atoms with Gasteiger partial charge in [0.15, 0.2) is 0 Å². The first kappa shape index (κ1) is 9.12. The van der Waals surface area contributed by atoms with E-state index in [-0.39, 0.29) is 0 Å². The van der Waals surface area contributed by atoms with Crippen molar-refractivity contribution in [1.82, 2.24) is 10.3 Å². The Balaban J connectivity index is 1.72. The molecule has 0 aliphatic carbocycles. The normalized spacial score (nSPS) is 23.2. The van der Waals surface area contributed by atoms with Gasteiger partial charge in [0.05, 0.1) is 12.1 Å². The highest BCUT2D eigenvalue weighted by Crippen LogP contribution is 2.09. The van der Waals surface area contributed by atoms with Crippen molar-refractivity contribution in [1.29, 1.82) is 0 Å². The molecule has 0 amide bonds. The standard InChI is InChI=1S/C9H14N2OS/c1-2-8(6-12-3-1)11-5-9-4-10-7-13-9/h4,7-8,11H,1-3,5-6H2. The van der Waals surface area contributed by atoms with Crippen LogP contribution in [-0.2, 0) is 11.3 Å². The molecule has 72 valence electrons. The molecule has 1 saturated heterocycles. The SMILES string of the molecule is c1ncc(CNC2CCCOC2)s1. The van der Waals surface area contributed by atoms with Crippen LogP contribution in [0, 0.1) is 0 Å². The van der Waals surface area contributed by atoms with Crippen molar-refractivity contribution in [3.63, 3.8) is 0 Å². The van der Waals surface area contributed by atoms with E-state index in [4.69, 9.17) is 4.74 Å². The average Bonchev–Trinajstić information content (AvgIpc) is 2.69. The van der Waals surface area contributed by atoms with E-state index in [1.54, 1.807) is 11.3 Å². The molecule has 2 heterocycles. The molecule has 0 aromatic carbocycles. The molecule has 1 aliphatic rings. The maximum Gasteiger partial charge on any atom is 0.0794 e. The van der Waals surface area contributed by atoms with Crippen LogP contribution in [0.3, 0.4) is 0 Å². The van der Waals surface area contributed by atoms with E-state index >= 15 is 0 Å². The minimum absolute atomic E-state index is 0.538. The third kappa shape index (κ3) is 2.76. The molecule has 0 radical (unpaired) electrons. The van der Waals surface area contributed by atoms with Crippen LogP contribution >= 0.6 is 11.3 Å². The number of nitrogens with one attached hydrogen (secondary N) is 1. The fourth-order valence-corrected chi connectivity index (χ4v) is 2.02. The second kappa shape index (κ2) is 4.69. The largest absolute Gasteiger partial charge is 0.380 e. The minimum atomic E-state index is 0.538. The highest BCUT2D eigenvalue weighted by atomic mass is 32.1. The van der Waals surface area contributed by atoms with Crippen molar-refractivity contribution in [3.05, 3.63) is 16.6 Å². The van der Waals surface area contributed by atoms with E-state index in [9.17, 15) is 0 Å². The van der Waals surface area contributed by atoms with Gasteiger partial charge >= 0.3 is 0 Å². The van der Waals surface area contributed by atoms with Crippen molar-refractivity contribution in [3.8, 4) is 0 Å². The predicted octanol–water partition coefficient (Wildman–Crippen LogP) is 1.41. The van der Waals surface area contributed by atoms with E-state index in [1.807, 2.05) is 11.7 Å². The van der Waals surface area contributed by atoms with Crippen LogP contribution < -0.4 is 5.32 Å². The van der Waals surface area contributed by atoms with Crippen molar-refractivity contribution in [2.24, 2.45) is 0 Å². The average molecular weight is 198 g/mol. The number of nitrogens with zero attached hydrogens (tertiary/aromatic N) is 1. The van der Waals surface area contributed by atoms with Crippen LogP contribution in [-0.4, -0.2) is 24.2 Å². The second-order valence-electron chi connectivity index (χ2n) is 3.26. The van der Waals surface area contributed by atoms with Gasteiger partial charge in [0.25, 0.3) is 0 Å². The molecule has 1 atom stereocenters. The van der Waals surface area contributed by atoms with E-state index in [2.05, 4.69) is 10.3 Å². The number of thiazole rings is 1. The monoisotopic (exact) mass is 198 g/mol. The van der Waals surface area contributed by atoms with Crippen LogP contribution in [0.5, 0.6) is 0 Å². The molecule has 1 fully saturated rings. The molecule has 0 spiro atoms.